The molecule has 1 aliphatic heterocycles. The molecule has 0 saturated carbocycles. The van der Waals surface area contributed by atoms with Gasteiger partial charge in [0.2, 0.25) is 11.2 Å². The molecule has 0 radical (unpaired) electrons. The van der Waals surface area contributed by atoms with Crippen molar-refractivity contribution in [1.82, 2.24) is 10.2 Å². The Morgan fingerprint density at radius 2 is 1.82 bits per heavy atom. The standard InChI is InChI=1S/C26H35N3O5/c1-27-20-7-5-17-15-23(31-2)25(32-3)26(33-4)24(17)18-6-8-21(22(30)16-19(18)20)28-9-10-29-11-13-34-14-12-29/h6,8,15-16,20,27H,5,7,9-14H2,1-4H3,(H,28,30). The normalized spacial score (nSPS) is 17.8. The van der Waals surface area contributed by atoms with Crippen LogP contribution in [0.2, 0.25) is 0 Å². The van der Waals surface area contributed by atoms with E-state index in [2.05, 4.69) is 15.5 Å². The molecule has 1 saturated heterocycles. The fourth-order valence-electron chi connectivity index (χ4n) is 4.93. The third-order valence-electron chi connectivity index (χ3n) is 6.73. The average Bonchev–Trinajstić information content (AvgIpc) is 3.11. The number of fused-ring (bicyclic) bond motifs is 3. The Hall–Kier alpha value is -2.81. The van der Waals surface area contributed by atoms with Crippen LogP contribution < -0.4 is 30.3 Å². The second kappa shape index (κ2) is 11.1. The molecule has 1 atom stereocenters. The molecule has 1 aliphatic carbocycles. The predicted molar refractivity (Wildman–Crippen MR) is 134 cm³/mol. The van der Waals surface area contributed by atoms with Gasteiger partial charge in [-0.3, -0.25) is 9.69 Å². The first-order chi connectivity index (χ1) is 16.6. The number of morpholine rings is 1. The van der Waals surface area contributed by atoms with Gasteiger partial charge in [-0.05, 0) is 54.8 Å². The highest BCUT2D eigenvalue weighted by Crippen LogP contribution is 2.50. The largest absolute Gasteiger partial charge is 0.493 e. The molecular weight excluding hydrogens is 434 g/mol. The lowest BCUT2D eigenvalue weighted by Crippen LogP contribution is -2.39. The first-order valence-electron chi connectivity index (χ1n) is 11.8. The number of rotatable bonds is 8. The summed E-state index contributed by atoms with van der Waals surface area (Å²) in [6, 6.07) is 7.73. The minimum Gasteiger partial charge on any atom is -0.493 e. The maximum absolute atomic E-state index is 13.2. The van der Waals surface area contributed by atoms with Crippen LogP contribution in [0.15, 0.2) is 29.1 Å². The monoisotopic (exact) mass is 469 g/mol. The molecule has 1 heterocycles. The molecule has 1 fully saturated rings. The summed E-state index contributed by atoms with van der Waals surface area (Å²) < 4.78 is 22.5. The van der Waals surface area contributed by atoms with E-state index in [4.69, 9.17) is 18.9 Å². The predicted octanol–water partition coefficient (Wildman–Crippen LogP) is 2.69. The second-order valence-electron chi connectivity index (χ2n) is 8.56. The molecule has 2 aromatic rings. The van der Waals surface area contributed by atoms with Crippen LogP contribution in [0, 0.1) is 0 Å². The molecule has 0 bridgehead atoms. The number of nitrogens with one attached hydrogen (secondary N) is 2. The fraction of sp³-hybridized carbons (Fsp3) is 0.500. The molecule has 2 aliphatic rings. The fourth-order valence-corrected chi connectivity index (χ4v) is 4.93. The Balaban J connectivity index is 1.76. The minimum absolute atomic E-state index is 0.0219. The lowest BCUT2D eigenvalue weighted by Gasteiger charge is -2.26. The van der Waals surface area contributed by atoms with Crippen molar-refractivity contribution in [1.29, 1.82) is 0 Å². The third kappa shape index (κ3) is 4.85. The topological polar surface area (TPSA) is 81.3 Å². The quantitative estimate of drug-likeness (QED) is 0.611. The summed E-state index contributed by atoms with van der Waals surface area (Å²) in [6.45, 7) is 4.95. The van der Waals surface area contributed by atoms with Crippen LogP contribution in [0.3, 0.4) is 0 Å². The van der Waals surface area contributed by atoms with Crippen molar-refractivity contribution in [2.75, 3.05) is 73.1 Å². The lowest BCUT2D eigenvalue weighted by atomic mass is 9.95. The van der Waals surface area contributed by atoms with Crippen molar-refractivity contribution >= 4 is 5.69 Å². The number of hydrogen-bond donors (Lipinski definition) is 2. The zero-order valence-electron chi connectivity index (χ0n) is 20.5. The van der Waals surface area contributed by atoms with Gasteiger partial charge in [-0.1, -0.05) is 6.07 Å². The first kappa shape index (κ1) is 24.3. The van der Waals surface area contributed by atoms with Crippen LogP contribution in [0.5, 0.6) is 17.2 Å². The van der Waals surface area contributed by atoms with Crippen LogP contribution >= 0.6 is 0 Å². The molecule has 2 aromatic carbocycles. The Labute approximate surface area is 201 Å². The molecule has 8 nitrogen and oxygen atoms in total. The second-order valence-corrected chi connectivity index (χ2v) is 8.56. The first-order valence-corrected chi connectivity index (χ1v) is 11.8. The summed E-state index contributed by atoms with van der Waals surface area (Å²) in [5, 5.41) is 6.75. The van der Waals surface area contributed by atoms with Gasteiger partial charge in [0, 0.05) is 37.8 Å². The van der Waals surface area contributed by atoms with Gasteiger partial charge in [-0.15, -0.1) is 0 Å². The van der Waals surface area contributed by atoms with Gasteiger partial charge < -0.3 is 29.6 Å². The molecule has 8 heteroatoms. The molecule has 0 spiro atoms. The van der Waals surface area contributed by atoms with Gasteiger partial charge in [0.1, 0.15) is 0 Å². The van der Waals surface area contributed by atoms with Crippen LogP contribution in [-0.4, -0.2) is 72.7 Å². The van der Waals surface area contributed by atoms with Crippen LogP contribution in [0.1, 0.15) is 23.6 Å². The van der Waals surface area contributed by atoms with Crippen molar-refractivity contribution in [3.63, 3.8) is 0 Å². The van der Waals surface area contributed by atoms with Crippen LogP contribution in [-0.2, 0) is 11.2 Å². The summed E-state index contributed by atoms with van der Waals surface area (Å²) in [4.78, 5) is 15.6. The van der Waals surface area contributed by atoms with E-state index < -0.39 is 0 Å². The SMILES string of the molecule is CNC1CCc2cc(OC)c(OC)c(OC)c2-c2ccc(NCCN3CCOCC3)c(=O)cc21. The van der Waals surface area contributed by atoms with Crippen molar-refractivity contribution < 1.29 is 18.9 Å². The van der Waals surface area contributed by atoms with E-state index >= 15 is 0 Å². The van der Waals surface area contributed by atoms with Gasteiger partial charge in [-0.25, -0.2) is 0 Å². The van der Waals surface area contributed by atoms with Crippen molar-refractivity contribution in [3.05, 3.63) is 45.6 Å². The Kier molecular flexibility index (Phi) is 7.92. The number of nitrogens with zero attached hydrogens (tertiary/aromatic N) is 1. The maximum Gasteiger partial charge on any atom is 0.203 e. The van der Waals surface area contributed by atoms with Crippen molar-refractivity contribution in [2.24, 2.45) is 0 Å². The van der Waals surface area contributed by atoms with Crippen LogP contribution in [0.25, 0.3) is 11.1 Å². The molecule has 4 rings (SSSR count). The van der Waals surface area contributed by atoms with Crippen molar-refractivity contribution in [3.8, 4) is 28.4 Å². The van der Waals surface area contributed by atoms with Crippen molar-refractivity contribution in [2.45, 2.75) is 18.9 Å². The summed E-state index contributed by atoms with van der Waals surface area (Å²) in [6.07, 6.45) is 1.66. The Morgan fingerprint density at radius 3 is 2.50 bits per heavy atom. The summed E-state index contributed by atoms with van der Waals surface area (Å²) in [7, 11) is 6.81. The van der Waals surface area contributed by atoms with Gasteiger partial charge >= 0.3 is 0 Å². The third-order valence-corrected chi connectivity index (χ3v) is 6.73. The van der Waals surface area contributed by atoms with E-state index in [-0.39, 0.29) is 11.5 Å². The average molecular weight is 470 g/mol. The van der Waals surface area contributed by atoms with E-state index in [0.717, 1.165) is 67.9 Å². The van der Waals surface area contributed by atoms with Gasteiger partial charge in [-0.2, -0.15) is 0 Å². The van der Waals surface area contributed by atoms with E-state index in [1.54, 1.807) is 27.4 Å². The highest BCUT2D eigenvalue weighted by molar-refractivity contribution is 5.83. The van der Waals surface area contributed by atoms with E-state index in [1.807, 2.05) is 25.2 Å². The molecule has 0 amide bonds. The van der Waals surface area contributed by atoms with E-state index in [9.17, 15) is 4.79 Å². The Morgan fingerprint density at radius 1 is 1.06 bits per heavy atom. The number of benzene rings is 1. The summed E-state index contributed by atoms with van der Waals surface area (Å²) in [5.74, 6) is 1.81. The highest BCUT2D eigenvalue weighted by Gasteiger charge is 2.28. The number of methoxy groups -OCH3 is 3. The minimum atomic E-state index is -0.0219. The van der Waals surface area contributed by atoms with Crippen LogP contribution in [0.4, 0.5) is 5.69 Å². The zero-order valence-corrected chi connectivity index (χ0v) is 20.5. The number of ether oxygens (including phenoxy) is 4. The molecule has 2 N–H and O–H groups in total. The van der Waals surface area contributed by atoms with Gasteiger partial charge in [0.15, 0.2) is 11.5 Å². The van der Waals surface area contributed by atoms with E-state index in [1.165, 1.54) is 0 Å². The molecule has 184 valence electrons. The number of anilines is 1. The summed E-state index contributed by atoms with van der Waals surface area (Å²) >= 11 is 0. The highest BCUT2D eigenvalue weighted by atomic mass is 16.5. The number of aryl methyl sites for hydroxylation is 1. The zero-order chi connectivity index (χ0) is 24.1. The molecule has 1 unspecified atom stereocenters. The van der Waals surface area contributed by atoms with Gasteiger partial charge in [0.05, 0.1) is 40.2 Å². The number of hydrogen-bond acceptors (Lipinski definition) is 8. The Bertz CT molecular complexity index is 1070. The molecular formula is C26H35N3O5. The smallest absolute Gasteiger partial charge is 0.203 e. The lowest BCUT2D eigenvalue weighted by molar-refractivity contribution is 0.0398. The summed E-state index contributed by atoms with van der Waals surface area (Å²) in [5.41, 5.74) is 4.54. The van der Waals surface area contributed by atoms with E-state index in [0.29, 0.717) is 29.5 Å². The van der Waals surface area contributed by atoms with Gasteiger partial charge in [0.25, 0.3) is 0 Å². The molecule has 0 aromatic heterocycles. The molecule has 34 heavy (non-hydrogen) atoms. The maximum atomic E-state index is 13.2.